The van der Waals surface area contributed by atoms with Gasteiger partial charge in [-0.1, -0.05) is 6.07 Å². The number of aliphatic hydroxyl groups is 1. The molecule has 5 nitrogen and oxygen atoms in total. The molecule has 0 aromatic heterocycles. The van der Waals surface area contributed by atoms with E-state index in [4.69, 9.17) is 14.2 Å². The van der Waals surface area contributed by atoms with Crippen molar-refractivity contribution in [2.24, 2.45) is 0 Å². The average molecular weight is 269 g/mol. The molecular weight excluding hydrogens is 246 g/mol. The molecule has 19 heavy (non-hydrogen) atoms. The molecule has 0 saturated heterocycles. The molecule has 1 unspecified atom stereocenters. The van der Waals surface area contributed by atoms with Crippen LogP contribution in [0.25, 0.3) is 0 Å². The number of hydrogen-bond donors (Lipinski definition) is 2. The van der Waals surface area contributed by atoms with E-state index >= 15 is 0 Å². The summed E-state index contributed by atoms with van der Waals surface area (Å²) in [7, 11) is 1.63. The summed E-state index contributed by atoms with van der Waals surface area (Å²) in [5.74, 6) is 0.785. The van der Waals surface area contributed by atoms with E-state index in [1.165, 1.54) is 0 Å². The van der Waals surface area contributed by atoms with Crippen molar-refractivity contribution in [3.05, 3.63) is 24.3 Å². The minimum Gasteiger partial charge on any atom is -0.497 e. The lowest BCUT2D eigenvalue weighted by Gasteiger charge is -2.13. The summed E-state index contributed by atoms with van der Waals surface area (Å²) in [6.45, 7) is 4.42. The fourth-order valence-electron chi connectivity index (χ4n) is 1.51. The molecule has 0 aliphatic rings. The van der Waals surface area contributed by atoms with Gasteiger partial charge in [0, 0.05) is 24.9 Å². The van der Waals surface area contributed by atoms with Gasteiger partial charge in [0.2, 0.25) is 0 Å². The minimum atomic E-state index is -0.548. The van der Waals surface area contributed by atoms with Gasteiger partial charge < -0.3 is 24.6 Å². The molecule has 0 radical (unpaired) electrons. The third kappa shape index (κ3) is 7.00. The smallest absolute Gasteiger partial charge is 0.120 e. The van der Waals surface area contributed by atoms with Gasteiger partial charge in [-0.15, -0.1) is 0 Å². The molecule has 0 heterocycles. The van der Waals surface area contributed by atoms with Gasteiger partial charge in [0.15, 0.2) is 0 Å². The summed E-state index contributed by atoms with van der Waals surface area (Å²) in [6, 6.07) is 7.57. The zero-order valence-electron chi connectivity index (χ0n) is 11.6. The first-order valence-corrected chi connectivity index (χ1v) is 6.47. The van der Waals surface area contributed by atoms with Crippen LogP contribution in [0.3, 0.4) is 0 Å². The van der Waals surface area contributed by atoms with Crippen LogP contribution in [-0.4, -0.2) is 51.3 Å². The summed E-state index contributed by atoms with van der Waals surface area (Å²) in [5, 5.41) is 12.9. The average Bonchev–Trinajstić information content (AvgIpc) is 2.45. The summed E-state index contributed by atoms with van der Waals surface area (Å²) in [6.07, 6.45) is -0.548. The van der Waals surface area contributed by atoms with Crippen molar-refractivity contribution in [1.29, 1.82) is 0 Å². The Balaban J connectivity index is 2.16. The minimum absolute atomic E-state index is 0.296. The number of ether oxygens (including phenoxy) is 3. The maximum Gasteiger partial charge on any atom is 0.120 e. The molecule has 0 amide bonds. The van der Waals surface area contributed by atoms with Crippen molar-refractivity contribution in [1.82, 2.24) is 0 Å². The third-order valence-corrected chi connectivity index (χ3v) is 2.50. The van der Waals surface area contributed by atoms with E-state index in [-0.39, 0.29) is 0 Å². The highest BCUT2D eigenvalue weighted by Crippen LogP contribution is 2.16. The molecule has 2 N–H and O–H groups in total. The van der Waals surface area contributed by atoms with Gasteiger partial charge in [0.25, 0.3) is 0 Å². The second-order valence-electron chi connectivity index (χ2n) is 4.04. The van der Waals surface area contributed by atoms with Crippen LogP contribution in [-0.2, 0) is 9.47 Å². The predicted octanol–water partition coefficient (Wildman–Crippen LogP) is 1.52. The molecule has 0 saturated carbocycles. The third-order valence-electron chi connectivity index (χ3n) is 2.50. The lowest BCUT2D eigenvalue weighted by Crippen LogP contribution is -2.25. The van der Waals surface area contributed by atoms with Gasteiger partial charge in [-0.25, -0.2) is 0 Å². The van der Waals surface area contributed by atoms with E-state index in [2.05, 4.69) is 5.32 Å². The quantitative estimate of drug-likeness (QED) is 0.631. The van der Waals surface area contributed by atoms with Crippen molar-refractivity contribution >= 4 is 5.69 Å². The van der Waals surface area contributed by atoms with Gasteiger partial charge >= 0.3 is 0 Å². The van der Waals surface area contributed by atoms with Crippen LogP contribution in [0.5, 0.6) is 5.75 Å². The fourth-order valence-corrected chi connectivity index (χ4v) is 1.51. The summed E-state index contributed by atoms with van der Waals surface area (Å²) >= 11 is 0. The zero-order chi connectivity index (χ0) is 13.9. The molecule has 0 aliphatic heterocycles. The van der Waals surface area contributed by atoms with Crippen molar-refractivity contribution in [2.75, 3.05) is 45.4 Å². The summed E-state index contributed by atoms with van der Waals surface area (Å²) in [4.78, 5) is 0. The first kappa shape index (κ1) is 15.8. The Morgan fingerprint density at radius 2 is 2.05 bits per heavy atom. The molecule has 0 aliphatic carbocycles. The molecule has 1 rings (SSSR count). The van der Waals surface area contributed by atoms with Crippen LogP contribution >= 0.6 is 0 Å². The van der Waals surface area contributed by atoms with Crippen LogP contribution in [0.1, 0.15) is 6.92 Å². The van der Waals surface area contributed by atoms with Crippen molar-refractivity contribution < 1.29 is 19.3 Å². The number of nitrogens with one attached hydrogen (secondary N) is 1. The second-order valence-corrected chi connectivity index (χ2v) is 4.04. The van der Waals surface area contributed by atoms with E-state index in [0.717, 1.165) is 11.4 Å². The van der Waals surface area contributed by atoms with E-state index < -0.39 is 6.10 Å². The number of rotatable bonds is 10. The molecule has 1 aromatic carbocycles. The maximum absolute atomic E-state index is 9.73. The van der Waals surface area contributed by atoms with Gasteiger partial charge in [0.1, 0.15) is 5.75 Å². The highest BCUT2D eigenvalue weighted by molar-refractivity contribution is 5.48. The molecule has 0 bridgehead atoms. The maximum atomic E-state index is 9.73. The molecule has 5 heteroatoms. The standard InChI is InChI=1S/C14H23NO4/c1-3-18-7-8-19-11-13(16)10-15-12-5-4-6-14(9-12)17-2/h4-6,9,13,15-16H,3,7-8,10-11H2,1-2H3. The Hall–Kier alpha value is -1.30. The van der Waals surface area contributed by atoms with Crippen molar-refractivity contribution in [3.8, 4) is 5.75 Å². The van der Waals surface area contributed by atoms with Crippen molar-refractivity contribution in [2.45, 2.75) is 13.0 Å². The number of benzene rings is 1. The van der Waals surface area contributed by atoms with E-state index in [1.807, 2.05) is 31.2 Å². The number of anilines is 1. The van der Waals surface area contributed by atoms with Gasteiger partial charge in [-0.3, -0.25) is 0 Å². The lowest BCUT2D eigenvalue weighted by molar-refractivity contribution is 0.0103. The number of aliphatic hydroxyl groups excluding tert-OH is 1. The Morgan fingerprint density at radius 1 is 1.26 bits per heavy atom. The molecule has 0 spiro atoms. The Bertz CT molecular complexity index is 346. The zero-order valence-corrected chi connectivity index (χ0v) is 11.6. The predicted molar refractivity (Wildman–Crippen MR) is 74.8 cm³/mol. The second kappa shape index (κ2) is 9.61. The molecular formula is C14H23NO4. The van der Waals surface area contributed by atoms with Crippen LogP contribution in [0, 0.1) is 0 Å². The highest BCUT2D eigenvalue weighted by Gasteiger charge is 2.04. The SMILES string of the molecule is CCOCCOCC(O)CNc1cccc(OC)c1. The largest absolute Gasteiger partial charge is 0.497 e. The van der Waals surface area contributed by atoms with E-state index in [1.54, 1.807) is 7.11 Å². The normalized spacial score (nSPS) is 12.2. The van der Waals surface area contributed by atoms with E-state index in [9.17, 15) is 5.11 Å². The van der Waals surface area contributed by atoms with Crippen LogP contribution < -0.4 is 10.1 Å². The Labute approximate surface area is 114 Å². The topological polar surface area (TPSA) is 60.0 Å². The van der Waals surface area contributed by atoms with Gasteiger partial charge in [-0.05, 0) is 19.1 Å². The number of hydrogen-bond acceptors (Lipinski definition) is 5. The molecule has 1 atom stereocenters. The van der Waals surface area contributed by atoms with Crippen LogP contribution in [0.15, 0.2) is 24.3 Å². The molecule has 108 valence electrons. The van der Waals surface area contributed by atoms with Crippen LogP contribution in [0.2, 0.25) is 0 Å². The van der Waals surface area contributed by atoms with Gasteiger partial charge in [-0.2, -0.15) is 0 Å². The summed E-state index contributed by atoms with van der Waals surface area (Å²) < 4.78 is 15.5. The highest BCUT2D eigenvalue weighted by atomic mass is 16.5. The fraction of sp³-hybridized carbons (Fsp3) is 0.571. The first-order chi connectivity index (χ1) is 9.26. The van der Waals surface area contributed by atoms with Gasteiger partial charge in [0.05, 0.1) is 33.0 Å². The first-order valence-electron chi connectivity index (χ1n) is 6.47. The van der Waals surface area contributed by atoms with E-state index in [0.29, 0.717) is 33.0 Å². The monoisotopic (exact) mass is 269 g/mol. The molecule has 0 fully saturated rings. The van der Waals surface area contributed by atoms with Crippen molar-refractivity contribution in [3.63, 3.8) is 0 Å². The number of methoxy groups -OCH3 is 1. The molecule has 1 aromatic rings. The lowest BCUT2D eigenvalue weighted by atomic mass is 10.3. The summed E-state index contributed by atoms with van der Waals surface area (Å²) in [5.41, 5.74) is 0.910. The Morgan fingerprint density at radius 3 is 2.79 bits per heavy atom. The Kier molecular flexibility index (Phi) is 7.97. The van der Waals surface area contributed by atoms with Crippen LogP contribution in [0.4, 0.5) is 5.69 Å².